The van der Waals surface area contributed by atoms with Crippen molar-refractivity contribution in [3.63, 3.8) is 0 Å². The molecule has 12 atom stereocenters. The molecule has 1 spiro atoms. The Morgan fingerprint density at radius 3 is 1.91 bits per heavy atom. The first-order valence-electron chi connectivity index (χ1n) is 20.0. The molecule has 64 heavy (non-hydrogen) atoms. The second-order valence-corrected chi connectivity index (χ2v) is 16.4. The maximum absolute atomic E-state index is 14.1. The topological polar surface area (TPSA) is 293 Å². The number of nitrogens with one attached hydrogen (secondary N) is 1. The molecule has 3 heterocycles. The summed E-state index contributed by atoms with van der Waals surface area (Å²) in [6, 6.07) is 13.7. The maximum atomic E-state index is 14.1. The zero-order chi connectivity index (χ0) is 46.9. The Kier molecular flexibility index (Phi) is 16.5. The molecule has 2 aromatic carbocycles. The Morgan fingerprint density at radius 2 is 1.33 bits per heavy atom. The third kappa shape index (κ3) is 11.9. The van der Waals surface area contributed by atoms with E-state index in [9.17, 15) is 38.4 Å². The Morgan fingerprint density at radius 1 is 0.734 bits per heavy atom. The number of carbonyl (C=O) groups excluding carboxylic acids is 8. The number of hydrogen-bond acceptors (Lipinski definition) is 21. The van der Waals surface area contributed by atoms with Crippen molar-refractivity contribution in [3.8, 4) is 0 Å². The Balaban J connectivity index is 1.61. The highest BCUT2D eigenvalue weighted by Crippen LogP contribution is 2.46. The summed E-state index contributed by atoms with van der Waals surface area (Å²) in [4.78, 5) is 102. The standard InChI is InChI=1S/C42H51N3O18S/c1-21(46)55-20-31(57-23(3)48)35(59-25(5)50)36-32(43)28(56-22(2)47)17-41(62-36)39(52)45-19-30(61-41)34(58-24(4)49)37-33(44)29(60-38(51)26-13-9-7-10-14-26)18-42(63-37,40(53)54-6)64-27-15-11-8-12-16-27/h7-16,28-37H,17-20,43-44H2,1-6H3,(H,45,52)/t28-,29-,30+,31+,32+,33+,34+,35+,36+,37+,41+,42+/m0/s1. The largest absolute Gasteiger partial charge is 0.466 e. The van der Waals surface area contributed by atoms with Crippen molar-refractivity contribution in [2.24, 2.45) is 11.5 Å². The summed E-state index contributed by atoms with van der Waals surface area (Å²) < 4.78 is 58.2. The summed E-state index contributed by atoms with van der Waals surface area (Å²) in [5.74, 6) is -9.60. The van der Waals surface area contributed by atoms with Gasteiger partial charge < -0.3 is 64.2 Å². The number of rotatable bonds is 15. The Hall–Kier alpha value is -5.65. The first kappa shape index (κ1) is 49.4. The van der Waals surface area contributed by atoms with Crippen LogP contribution in [-0.2, 0) is 80.9 Å². The second-order valence-electron chi connectivity index (χ2n) is 15.1. The predicted molar refractivity (Wildman–Crippen MR) is 217 cm³/mol. The summed E-state index contributed by atoms with van der Waals surface area (Å²) in [6.07, 6.45) is -13.5. The molecule has 1 amide bonds. The van der Waals surface area contributed by atoms with E-state index < -0.39 is 139 Å². The number of amides is 1. The highest BCUT2D eigenvalue weighted by Gasteiger charge is 2.63. The molecule has 0 aromatic heterocycles. The van der Waals surface area contributed by atoms with E-state index in [-0.39, 0.29) is 12.0 Å². The second kappa shape index (κ2) is 21.4. The van der Waals surface area contributed by atoms with Crippen LogP contribution >= 0.6 is 11.8 Å². The van der Waals surface area contributed by atoms with Crippen LogP contribution in [0.15, 0.2) is 65.6 Å². The van der Waals surface area contributed by atoms with Gasteiger partial charge in [0.05, 0.1) is 31.2 Å². The van der Waals surface area contributed by atoms with Gasteiger partial charge in [0.1, 0.15) is 37.1 Å². The van der Waals surface area contributed by atoms with Crippen LogP contribution in [0.5, 0.6) is 0 Å². The fraction of sp³-hybridized carbons (Fsp3) is 0.524. The zero-order valence-corrected chi connectivity index (χ0v) is 36.6. The lowest BCUT2D eigenvalue weighted by Crippen LogP contribution is -2.74. The SMILES string of the molecule is COC(=O)[C@]1(Sc2ccccc2)C[C@H](OC(=O)c2ccccc2)[C@@H](N)[C@H]([C@H](OC(C)=O)[C@H]2CNC(=O)[C@]3(C[C@H](OC(C)=O)[C@@H](N)[C@H]([C@H](OC(C)=O)[C@@H](COC(C)=O)OC(C)=O)O3)O2)O1. The average Bonchev–Trinajstić information content (AvgIpc) is 3.24. The van der Waals surface area contributed by atoms with Gasteiger partial charge in [-0.25, -0.2) is 9.59 Å². The van der Waals surface area contributed by atoms with E-state index in [2.05, 4.69) is 5.32 Å². The minimum atomic E-state index is -2.53. The number of esters is 7. The monoisotopic (exact) mass is 917 g/mol. The Labute approximate surface area is 371 Å². The van der Waals surface area contributed by atoms with Crippen LogP contribution < -0.4 is 16.8 Å². The van der Waals surface area contributed by atoms with E-state index in [0.717, 1.165) is 53.5 Å². The zero-order valence-electron chi connectivity index (χ0n) is 35.8. The number of nitrogens with two attached hydrogens (primary N) is 2. The molecule has 2 aromatic rings. The summed E-state index contributed by atoms with van der Waals surface area (Å²) in [6.45, 7) is 4.17. The molecule has 0 radical (unpaired) electrons. The molecule has 22 heteroatoms. The molecule has 5 rings (SSSR count). The smallest absolute Gasteiger partial charge is 0.349 e. The van der Waals surface area contributed by atoms with Crippen molar-refractivity contribution in [2.75, 3.05) is 20.3 Å². The van der Waals surface area contributed by atoms with Gasteiger partial charge in [0.25, 0.3) is 11.7 Å². The van der Waals surface area contributed by atoms with Crippen LogP contribution in [0.4, 0.5) is 0 Å². The lowest BCUT2D eigenvalue weighted by molar-refractivity contribution is -0.333. The number of hydrogen-bond donors (Lipinski definition) is 3. The van der Waals surface area contributed by atoms with Gasteiger partial charge in [-0.2, -0.15) is 0 Å². The van der Waals surface area contributed by atoms with Gasteiger partial charge >= 0.3 is 41.8 Å². The number of ether oxygens (including phenoxy) is 10. The third-order valence-corrected chi connectivity index (χ3v) is 11.5. The van der Waals surface area contributed by atoms with Crippen molar-refractivity contribution in [3.05, 3.63) is 66.2 Å². The fourth-order valence-corrected chi connectivity index (χ4v) is 8.82. The van der Waals surface area contributed by atoms with Gasteiger partial charge in [-0.05, 0) is 24.3 Å². The molecule has 5 N–H and O–H groups in total. The average molecular weight is 918 g/mol. The number of methoxy groups -OCH3 is 1. The molecule has 3 fully saturated rings. The number of carbonyl (C=O) groups is 8. The first-order valence-corrected chi connectivity index (χ1v) is 20.8. The van der Waals surface area contributed by atoms with Crippen molar-refractivity contribution in [2.45, 2.75) is 124 Å². The van der Waals surface area contributed by atoms with E-state index in [1.165, 1.54) is 12.1 Å². The minimum absolute atomic E-state index is 0.161. The molecule has 21 nitrogen and oxygen atoms in total. The van der Waals surface area contributed by atoms with Crippen molar-refractivity contribution in [1.29, 1.82) is 0 Å². The van der Waals surface area contributed by atoms with Gasteiger partial charge in [0.2, 0.25) is 4.93 Å². The van der Waals surface area contributed by atoms with Crippen LogP contribution in [0, 0.1) is 0 Å². The van der Waals surface area contributed by atoms with Crippen molar-refractivity contribution < 1.29 is 85.7 Å². The van der Waals surface area contributed by atoms with Gasteiger partial charge in [0, 0.05) is 52.5 Å². The predicted octanol–water partition coefficient (Wildman–Crippen LogP) is 0.607. The Bertz CT molecular complexity index is 2040. The third-order valence-electron chi connectivity index (χ3n) is 10.2. The van der Waals surface area contributed by atoms with Crippen LogP contribution in [0.25, 0.3) is 0 Å². The van der Waals surface area contributed by atoms with Crippen LogP contribution in [0.2, 0.25) is 0 Å². The maximum Gasteiger partial charge on any atom is 0.349 e. The van der Waals surface area contributed by atoms with E-state index in [1.807, 2.05) is 0 Å². The minimum Gasteiger partial charge on any atom is -0.466 e. The van der Waals surface area contributed by atoms with Gasteiger partial charge in [-0.3, -0.25) is 28.8 Å². The molecular formula is C42H51N3O18S. The molecule has 0 bridgehead atoms. The number of morpholine rings is 1. The summed E-state index contributed by atoms with van der Waals surface area (Å²) in [5, 5.41) is 2.65. The van der Waals surface area contributed by atoms with Crippen LogP contribution in [-0.4, -0.2) is 140 Å². The summed E-state index contributed by atoms with van der Waals surface area (Å²) in [7, 11) is 1.13. The summed E-state index contributed by atoms with van der Waals surface area (Å²) >= 11 is 0.919. The molecule has 348 valence electrons. The molecular weight excluding hydrogens is 867 g/mol. The van der Waals surface area contributed by atoms with E-state index in [1.54, 1.807) is 48.5 Å². The normalized spacial score (nSPS) is 29.1. The molecule has 3 saturated heterocycles. The van der Waals surface area contributed by atoms with Crippen LogP contribution in [0.3, 0.4) is 0 Å². The number of thioether (sulfide) groups is 1. The molecule has 0 unspecified atom stereocenters. The van der Waals surface area contributed by atoms with Crippen molar-refractivity contribution in [1.82, 2.24) is 5.32 Å². The van der Waals surface area contributed by atoms with Crippen LogP contribution in [0.1, 0.15) is 57.8 Å². The lowest BCUT2D eigenvalue weighted by atomic mass is 9.86. The molecule has 0 aliphatic carbocycles. The van der Waals surface area contributed by atoms with E-state index >= 15 is 0 Å². The van der Waals surface area contributed by atoms with Gasteiger partial charge in [-0.1, -0.05) is 48.2 Å². The molecule has 3 aliphatic heterocycles. The molecule has 0 saturated carbocycles. The van der Waals surface area contributed by atoms with E-state index in [4.69, 9.17) is 58.8 Å². The fourth-order valence-electron chi connectivity index (χ4n) is 7.57. The van der Waals surface area contributed by atoms with E-state index in [0.29, 0.717) is 4.90 Å². The van der Waals surface area contributed by atoms with Crippen molar-refractivity contribution >= 4 is 59.5 Å². The lowest BCUT2D eigenvalue weighted by Gasteiger charge is -2.52. The highest BCUT2D eigenvalue weighted by atomic mass is 32.2. The summed E-state index contributed by atoms with van der Waals surface area (Å²) in [5.41, 5.74) is 13.7. The number of benzene rings is 2. The highest BCUT2D eigenvalue weighted by molar-refractivity contribution is 8.01. The van der Waals surface area contributed by atoms with Gasteiger partial charge in [-0.15, -0.1) is 0 Å². The van der Waals surface area contributed by atoms with Gasteiger partial charge in [0.15, 0.2) is 18.3 Å². The quantitative estimate of drug-likeness (QED) is 0.163. The molecule has 3 aliphatic rings. The first-order chi connectivity index (χ1) is 30.3.